The molecule has 2 aromatic rings. The minimum Gasteiger partial charge on any atom is -0.375 e. The summed E-state index contributed by atoms with van der Waals surface area (Å²) >= 11 is 0. The third-order valence-electron chi connectivity index (χ3n) is 4.41. The van der Waals surface area contributed by atoms with Crippen LogP contribution < -0.4 is 5.32 Å². The lowest BCUT2D eigenvalue weighted by atomic mass is 10.1. The summed E-state index contributed by atoms with van der Waals surface area (Å²) in [5.41, 5.74) is 2.96. The van der Waals surface area contributed by atoms with Crippen LogP contribution in [0.2, 0.25) is 0 Å². The maximum atomic E-state index is 12.3. The zero-order valence-corrected chi connectivity index (χ0v) is 14.7. The molecule has 1 heterocycles. The van der Waals surface area contributed by atoms with Gasteiger partial charge in [0.05, 0.1) is 31.6 Å². The molecule has 1 atom stereocenters. The molecule has 0 unspecified atom stereocenters. The molecular weight excluding hydrogens is 326 g/mol. The van der Waals surface area contributed by atoms with Crippen molar-refractivity contribution in [1.82, 2.24) is 4.90 Å². The molecule has 0 bridgehead atoms. The highest BCUT2D eigenvalue weighted by atomic mass is 16.5. The fraction of sp³-hybridized carbons (Fsp3) is 0.333. The van der Waals surface area contributed by atoms with Crippen molar-refractivity contribution in [2.24, 2.45) is 0 Å². The Labute approximate surface area is 154 Å². The van der Waals surface area contributed by atoms with Gasteiger partial charge in [-0.1, -0.05) is 42.5 Å². The molecule has 0 radical (unpaired) electrons. The van der Waals surface area contributed by atoms with E-state index >= 15 is 0 Å². The highest BCUT2D eigenvalue weighted by Gasteiger charge is 2.23. The number of nitriles is 1. The van der Waals surface area contributed by atoms with E-state index in [4.69, 9.17) is 10.00 Å². The zero-order chi connectivity index (χ0) is 18.2. The van der Waals surface area contributed by atoms with Gasteiger partial charge in [0.1, 0.15) is 0 Å². The van der Waals surface area contributed by atoms with Crippen molar-refractivity contribution in [2.45, 2.75) is 25.5 Å². The van der Waals surface area contributed by atoms with Crippen LogP contribution in [0.25, 0.3) is 0 Å². The third-order valence-corrected chi connectivity index (χ3v) is 4.41. The molecule has 26 heavy (non-hydrogen) atoms. The van der Waals surface area contributed by atoms with Crippen LogP contribution in [0.5, 0.6) is 0 Å². The number of rotatable bonds is 6. The fourth-order valence-electron chi connectivity index (χ4n) is 3.11. The summed E-state index contributed by atoms with van der Waals surface area (Å²) in [5.74, 6) is -0.0513. The number of morpholine rings is 1. The van der Waals surface area contributed by atoms with Gasteiger partial charge in [-0.25, -0.2) is 0 Å². The van der Waals surface area contributed by atoms with Crippen LogP contribution in [0.4, 0.5) is 5.69 Å². The minimum absolute atomic E-state index is 0.0513. The monoisotopic (exact) mass is 349 g/mol. The molecule has 3 rings (SSSR count). The first-order valence-corrected chi connectivity index (χ1v) is 8.86. The molecule has 0 aromatic heterocycles. The molecule has 1 saturated heterocycles. The van der Waals surface area contributed by atoms with Crippen LogP contribution >= 0.6 is 0 Å². The van der Waals surface area contributed by atoms with Crippen LogP contribution in [-0.4, -0.2) is 36.6 Å². The topological polar surface area (TPSA) is 65.4 Å². The molecule has 1 aliphatic heterocycles. The van der Waals surface area contributed by atoms with E-state index in [0.29, 0.717) is 19.4 Å². The lowest BCUT2D eigenvalue weighted by Crippen LogP contribution is -2.43. The number of nitrogens with one attached hydrogen (secondary N) is 1. The number of carbonyl (C=O) groups excluding carboxylic acids is 1. The molecule has 0 spiro atoms. The first-order chi connectivity index (χ1) is 12.7. The van der Waals surface area contributed by atoms with Gasteiger partial charge in [0.2, 0.25) is 5.91 Å². The second-order valence-electron chi connectivity index (χ2n) is 6.50. The van der Waals surface area contributed by atoms with Crippen LogP contribution in [0.3, 0.4) is 0 Å². The quantitative estimate of drug-likeness (QED) is 0.871. The summed E-state index contributed by atoms with van der Waals surface area (Å²) in [4.78, 5) is 14.6. The standard InChI is InChI=1S/C21H23N3O2/c22-11-10-17-6-8-19(9-7-17)23-21(25)14-20-16-24(12-13-26-20)15-18-4-2-1-3-5-18/h1-9,20H,10,12-16H2,(H,23,25)/t20-/m1/s1. The molecule has 0 saturated carbocycles. The maximum Gasteiger partial charge on any atom is 0.227 e. The summed E-state index contributed by atoms with van der Waals surface area (Å²) in [6, 6.07) is 19.8. The van der Waals surface area contributed by atoms with Crippen molar-refractivity contribution in [2.75, 3.05) is 25.0 Å². The Kier molecular flexibility index (Phi) is 6.37. The maximum absolute atomic E-state index is 12.3. The first kappa shape index (κ1) is 18.1. The number of nitrogens with zero attached hydrogens (tertiary/aromatic N) is 2. The Morgan fingerprint density at radius 2 is 1.92 bits per heavy atom. The third kappa shape index (κ3) is 5.41. The Morgan fingerprint density at radius 3 is 2.65 bits per heavy atom. The molecule has 1 amide bonds. The van der Waals surface area contributed by atoms with E-state index in [1.54, 1.807) is 0 Å². The zero-order valence-electron chi connectivity index (χ0n) is 14.7. The number of amides is 1. The predicted octanol–water partition coefficient (Wildman–Crippen LogP) is 2.98. The largest absolute Gasteiger partial charge is 0.375 e. The summed E-state index contributed by atoms with van der Waals surface area (Å²) < 4.78 is 5.77. The van der Waals surface area contributed by atoms with Crippen molar-refractivity contribution in [3.8, 4) is 6.07 Å². The Morgan fingerprint density at radius 1 is 1.15 bits per heavy atom. The summed E-state index contributed by atoms with van der Waals surface area (Å²) in [6.45, 7) is 3.16. The number of carbonyl (C=O) groups is 1. The van der Waals surface area contributed by atoms with Gasteiger partial charge < -0.3 is 10.1 Å². The van der Waals surface area contributed by atoms with Gasteiger partial charge in [-0.15, -0.1) is 0 Å². The molecule has 2 aromatic carbocycles. The van der Waals surface area contributed by atoms with E-state index in [2.05, 4.69) is 28.4 Å². The molecule has 0 aliphatic carbocycles. The molecule has 1 aliphatic rings. The van der Waals surface area contributed by atoms with Gasteiger partial charge >= 0.3 is 0 Å². The van der Waals surface area contributed by atoms with Gasteiger partial charge in [0.25, 0.3) is 0 Å². The number of hydrogen-bond donors (Lipinski definition) is 1. The van der Waals surface area contributed by atoms with Crippen LogP contribution in [-0.2, 0) is 22.5 Å². The summed E-state index contributed by atoms with van der Waals surface area (Å²) in [6.07, 6.45) is 0.623. The average molecular weight is 349 g/mol. The van der Waals surface area contributed by atoms with Crippen molar-refractivity contribution in [1.29, 1.82) is 5.26 Å². The normalized spacial score (nSPS) is 17.4. The van der Waals surface area contributed by atoms with Gasteiger partial charge in [-0.3, -0.25) is 9.69 Å². The van der Waals surface area contributed by atoms with Crippen LogP contribution in [0.1, 0.15) is 17.5 Å². The van der Waals surface area contributed by atoms with E-state index in [-0.39, 0.29) is 12.0 Å². The van der Waals surface area contributed by atoms with E-state index in [1.165, 1.54) is 5.56 Å². The van der Waals surface area contributed by atoms with Crippen LogP contribution in [0.15, 0.2) is 54.6 Å². The molecule has 5 heteroatoms. The molecule has 1 N–H and O–H groups in total. The smallest absolute Gasteiger partial charge is 0.227 e. The fourth-order valence-corrected chi connectivity index (χ4v) is 3.11. The minimum atomic E-state index is -0.0923. The second kappa shape index (κ2) is 9.14. The highest BCUT2D eigenvalue weighted by molar-refractivity contribution is 5.91. The van der Waals surface area contributed by atoms with E-state index in [9.17, 15) is 4.79 Å². The SMILES string of the molecule is N#CCc1ccc(NC(=O)C[C@@H]2CN(Cc3ccccc3)CCO2)cc1. The van der Waals surface area contributed by atoms with Crippen molar-refractivity contribution in [3.05, 3.63) is 65.7 Å². The van der Waals surface area contributed by atoms with Crippen molar-refractivity contribution >= 4 is 11.6 Å². The van der Waals surface area contributed by atoms with E-state index < -0.39 is 0 Å². The average Bonchev–Trinajstić information content (AvgIpc) is 2.65. The van der Waals surface area contributed by atoms with Crippen molar-refractivity contribution < 1.29 is 9.53 Å². The number of benzene rings is 2. The second-order valence-corrected chi connectivity index (χ2v) is 6.50. The first-order valence-electron chi connectivity index (χ1n) is 8.86. The Balaban J connectivity index is 1.48. The number of anilines is 1. The van der Waals surface area contributed by atoms with Gasteiger partial charge in [0.15, 0.2) is 0 Å². The van der Waals surface area contributed by atoms with Gasteiger partial charge in [-0.05, 0) is 23.3 Å². The van der Waals surface area contributed by atoms with Crippen molar-refractivity contribution in [3.63, 3.8) is 0 Å². The van der Waals surface area contributed by atoms with Gasteiger partial charge in [0, 0.05) is 25.3 Å². The van der Waals surface area contributed by atoms with Gasteiger partial charge in [-0.2, -0.15) is 5.26 Å². The van der Waals surface area contributed by atoms with E-state index in [1.807, 2.05) is 42.5 Å². The lowest BCUT2D eigenvalue weighted by molar-refractivity contribution is -0.121. The molecule has 134 valence electrons. The van der Waals surface area contributed by atoms with Crippen LogP contribution in [0, 0.1) is 11.3 Å². The Bertz CT molecular complexity index is 753. The Hall–Kier alpha value is -2.68. The predicted molar refractivity (Wildman–Crippen MR) is 100 cm³/mol. The molecule has 5 nitrogen and oxygen atoms in total. The van der Waals surface area contributed by atoms with E-state index in [0.717, 1.165) is 30.9 Å². The number of hydrogen-bond acceptors (Lipinski definition) is 4. The number of ether oxygens (including phenoxy) is 1. The summed E-state index contributed by atoms with van der Waals surface area (Å²) in [5, 5.41) is 11.6. The summed E-state index contributed by atoms with van der Waals surface area (Å²) in [7, 11) is 0. The lowest BCUT2D eigenvalue weighted by Gasteiger charge is -2.32. The molecular formula is C21H23N3O2. The highest BCUT2D eigenvalue weighted by Crippen LogP contribution is 2.15. The molecule has 1 fully saturated rings.